The van der Waals surface area contributed by atoms with Gasteiger partial charge < -0.3 is 14.8 Å². The van der Waals surface area contributed by atoms with Crippen molar-refractivity contribution in [2.75, 3.05) is 7.11 Å². The second-order valence-corrected chi connectivity index (χ2v) is 6.52. The van der Waals surface area contributed by atoms with Crippen LogP contribution in [0, 0.1) is 0 Å². The lowest BCUT2D eigenvalue weighted by molar-refractivity contribution is -0.143. The number of carbonyl (C=O) groups is 3. The van der Waals surface area contributed by atoms with Crippen molar-refractivity contribution in [2.45, 2.75) is 70.9 Å². The average Bonchev–Trinajstić information content (AvgIpc) is 2.69. The first-order valence-electron chi connectivity index (χ1n) is 9.63. The van der Waals surface area contributed by atoms with E-state index in [-0.39, 0.29) is 25.2 Å². The van der Waals surface area contributed by atoms with Crippen molar-refractivity contribution < 1.29 is 23.9 Å². The van der Waals surface area contributed by atoms with Gasteiger partial charge in [0.2, 0.25) is 0 Å². The molecule has 1 aromatic carbocycles. The Hall–Kier alpha value is -2.37. The van der Waals surface area contributed by atoms with Crippen LogP contribution in [0.25, 0.3) is 0 Å². The molecule has 1 amide bonds. The number of hydrogen-bond acceptors (Lipinski definition) is 5. The quantitative estimate of drug-likeness (QED) is 0.412. The molecular formula is C21H31NO5. The van der Waals surface area contributed by atoms with Gasteiger partial charge in [-0.1, -0.05) is 62.9 Å². The van der Waals surface area contributed by atoms with Crippen molar-refractivity contribution in [1.82, 2.24) is 5.32 Å². The lowest BCUT2D eigenvalue weighted by Crippen LogP contribution is -2.42. The molecule has 1 N–H and O–H groups in total. The highest BCUT2D eigenvalue weighted by Gasteiger charge is 2.23. The van der Waals surface area contributed by atoms with Crippen LogP contribution >= 0.6 is 0 Å². The van der Waals surface area contributed by atoms with E-state index in [0.717, 1.165) is 24.8 Å². The minimum Gasteiger partial charge on any atom is -0.467 e. The van der Waals surface area contributed by atoms with Gasteiger partial charge in [0.25, 0.3) is 0 Å². The van der Waals surface area contributed by atoms with Crippen LogP contribution in [0.15, 0.2) is 30.3 Å². The lowest BCUT2D eigenvalue weighted by Gasteiger charge is -2.16. The van der Waals surface area contributed by atoms with Crippen molar-refractivity contribution in [3.8, 4) is 0 Å². The zero-order valence-corrected chi connectivity index (χ0v) is 16.4. The number of ketones is 1. The maximum Gasteiger partial charge on any atom is 0.408 e. The van der Waals surface area contributed by atoms with Crippen LogP contribution < -0.4 is 5.32 Å². The molecule has 0 spiro atoms. The molecule has 0 aliphatic heterocycles. The fraction of sp³-hybridized carbons (Fsp3) is 0.571. The van der Waals surface area contributed by atoms with Crippen molar-refractivity contribution in [3.05, 3.63) is 35.9 Å². The van der Waals surface area contributed by atoms with E-state index in [1.807, 2.05) is 30.3 Å². The molecule has 0 radical (unpaired) electrons. The Bertz CT molecular complexity index is 573. The molecule has 1 aromatic rings. The summed E-state index contributed by atoms with van der Waals surface area (Å²) >= 11 is 0. The number of rotatable bonds is 13. The molecule has 0 bridgehead atoms. The highest BCUT2D eigenvalue weighted by Crippen LogP contribution is 2.09. The predicted molar refractivity (Wildman–Crippen MR) is 103 cm³/mol. The van der Waals surface area contributed by atoms with Crippen LogP contribution in [0.2, 0.25) is 0 Å². The number of methoxy groups -OCH3 is 1. The third-order valence-corrected chi connectivity index (χ3v) is 4.26. The van der Waals surface area contributed by atoms with Crippen molar-refractivity contribution in [1.29, 1.82) is 0 Å². The molecule has 0 heterocycles. The number of alkyl carbamates (subject to hydrolysis) is 1. The van der Waals surface area contributed by atoms with Gasteiger partial charge in [-0.05, 0) is 18.4 Å². The average molecular weight is 377 g/mol. The molecule has 0 saturated carbocycles. The van der Waals surface area contributed by atoms with Gasteiger partial charge in [-0.25, -0.2) is 9.59 Å². The standard InChI is InChI=1S/C21H31NO5/c1-3-4-5-6-10-13-18(23)14-15-19(20(24)26-2)22-21(25)27-16-17-11-8-7-9-12-17/h7-9,11-12,19H,3-6,10,13-16H2,1-2H3,(H,22,25). The van der Waals surface area contributed by atoms with Crippen LogP contribution in [0.5, 0.6) is 0 Å². The molecule has 0 aromatic heterocycles. The molecule has 6 heteroatoms. The predicted octanol–water partition coefficient (Wildman–Crippen LogP) is 4.16. The summed E-state index contributed by atoms with van der Waals surface area (Å²) in [5.74, 6) is -0.484. The van der Waals surface area contributed by atoms with Crippen LogP contribution in [0.4, 0.5) is 4.79 Å². The van der Waals surface area contributed by atoms with Gasteiger partial charge in [0.1, 0.15) is 18.4 Å². The van der Waals surface area contributed by atoms with E-state index in [9.17, 15) is 14.4 Å². The van der Waals surface area contributed by atoms with E-state index < -0.39 is 18.1 Å². The monoisotopic (exact) mass is 377 g/mol. The summed E-state index contributed by atoms with van der Waals surface area (Å²) in [5, 5.41) is 2.49. The molecule has 0 fully saturated rings. The van der Waals surface area contributed by atoms with Gasteiger partial charge >= 0.3 is 12.1 Å². The molecular weight excluding hydrogens is 346 g/mol. The molecule has 1 atom stereocenters. The summed E-state index contributed by atoms with van der Waals surface area (Å²) < 4.78 is 9.83. The highest BCUT2D eigenvalue weighted by molar-refractivity contribution is 5.83. The van der Waals surface area contributed by atoms with E-state index in [4.69, 9.17) is 9.47 Å². The number of carbonyl (C=O) groups excluding carboxylic acids is 3. The number of amides is 1. The Morgan fingerprint density at radius 1 is 1.00 bits per heavy atom. The second kappa shape index (κ2) is 13.8. The lowest BCUT2D eigenvalue weighted by atomic mass is 10.0. The number of unbranched alkanes of at least 4 members (excludes halogenated alkanes) is 4. The molecule has 6 nitrogen and oxygen atoms in total. The normalized spacial score (nSPS) is 11.5. The molecule has 27 heavy (non-hydrogen) atoms. The van der Waals surface area contributed by atoms with Gasteiger partial charge in [0.15, 0.2) is 0 Å². The number of Topliss-reactive ketones (excluding diaryl/α,β-unsaturated/α-hetero) is 1. The maximum atomic E-state index is 12.0. The summed E-state index contributed by atoms with van der Waals surface area (Å²) in [6, 6.07) is 8.36. The van der Waals surface area contributed by atoms with Crippen molar-refractivity contribution >= 4 is 17.8 Å². The van der Waals surface area contributed by atoms with Crippen LogP contribution in [0.3, 0.4) is 0 Å². The van der Waals surface area contributed by atoms with Gasteiger partial charge in [0.05, 0.1) is 7.11 Å². The fourth-order valence-corrected chi connectivity index (χ4v) is 2.65. The second-order valence-electron chi connectivity index (χ2n) is 6.52. The Morgan fingerprint density at radius 2 is 1.70 bits per heavy atom. The molecule has 150 valence electrons. The summed E-state index contributed by atoms with van der Waals surface area (Å²) in [6.45, 7) is 2.26. The van der Waals surface area contributed by atoms with E-state index >= 15 is 0 Å². The summed E-state index contributed by atoms with van der Waals surface area (Å²) in [6.07, 6.45) is 5.65. The first kappa shape index (κ1) is 22.7. The number of benzene rings is 1. The Kier molecular flexibility index (Phi) is 11.6. The summed E-state index contributed by atoms with van der Waals surface area (Å²) in [4.78, 5) is 35.8. The van der Waals surface area contributed by atoms with E-state index in [0.29, 0.717) is 6.42 Å². The topological polar surface area (TPSA) is 81.7 Å². The summed E-state index contributed by atoms with van der Waals surface area (Å²) in [7, 11) is 1.25. The van der Waals surface area contributed by atoms with E-state index in [2.05, 4.69) is 12.2 Å². The van der Waals surface area contributed by atoms with Gasteiger partial charge in [-0.2, -0.15) is 0 Å². The minimum absolute atomic E-state index is 0.0971. The van der Waals surface area contributed by atoms with Crippen LogP contribution in [0.1, 0.15) is 63.9 Å². The number of esters is 1. The maximum absolute atomic E-state index is 12.0. The Balaban J connectivity index is 2.36. The van der Waals surface area contributed by atoms with Crippen LogP contribution in [-0.4, -0.2) is 31.0 Å². The molecule has 1 unspecified atom stereocenters. The summed E-state index contributed by atoms with van der Waals surface area (Å²) in [5.41, 5.74) is 0.848. The number of nitrogens with one attached hydrogen (secondary N) is 1. The molecule has 0 aliphatic carbocycles. The zero-order valence-electron chi connectivity index (χ0n) is 16.4. The third kappa shape index (κ3) is 10.4. The smallest absolute Gasteiger partial charge is 0.408 e. The number of hydrogen-bond donors (Lipinski definition) is 1. The minimum atomic E-state index is -0.887. The van der Waals surface area contributed by atoms with E-state index in [1.165, 1.54) is 20.0 Å². The van der Waals surface area contributed by atoms with Gasteiger partial charge in [-0.15, -0.1) is 0 Å². The van der Waals surface area contributed by atoms with Crippen molar-refractivity contribution in [3.63, 3.8) is 0 Å². The molecule has 0 aliphatic rings. The molecule has 0 saturated heterocycles. The molecule has 1 rings (SSSR count). The first-order chi connectivity index (χ1) is 13.1. The SMILES string of the molecule is CCCCCCCC(=O)CCC(NC(=O)OCc1ccccc1)C(=O)OC. The van der Waals surface area contributed by atoms with E-state index in [1.54, 1.807) is 0 Å². The largest absolute Gasteiger partial charge is 0.467 e. The van der Waals surface area contributed by atoms with Crippen LogP contribution in [-0.2, 0) is 25.7 Å². The first-order valence-corrected chi connectivity index (χ1v) is 9.63. The Labute approximate surface area is 161 Å². The highest BCUT2D eigenvalue weighted by atomic mass is 16.6. The third-order valence-electron chi connectivity index (χ3n) is 4.26. The fourth-order valence-electron chi connectivity index (χ4n) is 2.65. The van der Waals surface area contributed by atoms with Gasteiger partial charge in [0, 0.05) is 12.8 Å². The zero-order chi connectivity index (χ0) is 19.9. The van der Waals surface area contributed by atoms with Gasteiger partial charge in [-0.3, -0.25) is 4.79 Å². The number of ether oxygens (including phenoxy) is 2. The Morgan fingerprint density at radius 3 is 2.37 bits per heavy atom. The van der Waals surface area contributed by atoms with Crippen molar-refractivity contribution in [2.24, 2.45) is 0 Å².